The Morgan fingerprint density at radius 3 is 2.97 bits per heavy atom. The van der Waals surface area contributed by atoms with Crippen molar-refractivity contribution in [1.29, 1.82) is 5.39 Å². The highest BCUT2D eigenvalue weighted by atomic mass is 31.2. The lowest BCUT2D eigenvalue weighted by atomic mass is 10.1. The molecule has 2 saturated heterocycles. The number of imidazole rings is 1. The number of phosphoric acid groups is 1. The van der Waals surface area contributed by atoms with Crippen molar-refractivity contribution in [2.45, 2.75) is 31.5 Å². The molecule has 4 rings (SSSR count). The van der Waals surface area contributed by atoms with Crippen molar-refractivity contribution in [3.8, 4) is 0 Å². The largest absolute Gasteiger partial charge is 0.527 e. The standard InChI is InChI=1S/C15H16N7O9P/c1-2-28-15(25)8(21-16)13(24)20-11-7-12(18-4-17-11)22(5-19-7)14-9(23)10-6(30-14)3-29-32(26,27)31-10/h4-6,9-10,14,23H,2-3H2,1H3,(H2-,17,18,20,24,25,26,27)/p+1/t6?,9-,10?,14-/m1/s1. The van der Waals surface area contributed by atoms with Gasteiger partial charge in [0.2, 0.25) is 5.39 Å². The molecule has 2 aromatic heterocycles. The molecule has 2 aliphatic heterocycles. The fourth-order valence-electron chi connectivity index (χ4n) is 3.25. The molecular weight excluding hydrogens is 453 g/mol. The smallest absolute Gasteiger partial charge is 0.475 e. The van der Waals surface area contributed by atoms with E-state index in [4.69, 9.17) is 23.9 Å². The summed E-state index contributed by atoms with van der Waals surface area (Å²) < 4.78 is 33.1. The molecule has 4 N–H and O–H groups in total. The summed E-state index contributed by atoms with van der Waals surface area (Å²) in [5.41, 5.74) is -0.585. The molecule has 1 amide bonds. The van der Waals surface area contributed by atoms with E-state index in [9.17, 15) is 24.5 Å². The molecule has 3 unspecified atom stereocenters. The predicted molar refractivity (Wildman–Crippen MR) is 101 cm³/mol. The Bertz CT molecular complexity index is 1180. The van der Waals surface area contributed by atoms with Crippen LogP contribution in [0.2, 0.25) is 0 Å². The van der Waals surface area contributed by atoms with Crippen LogP contribution in [0.1, 0.15) is 13.2 Å². The zero-order valence-electron chi connectivity index (χ0n) is 16.3. The summed E-state index contributed by atoms with van der Waals surface area (Å²) >= 11 is 0. The maximum atomic E-state index is 12.3. The van der Waals surface area contributed by atoms with Gasteiger partial charge in [0.1, 0.15) is 24.6 Å². The maximum Gasteiger partial charge on any atom is 0.527 e. The second kappa shape index (κ2) is 8.39. The number of rotatable bonds is 5. The molecule has 0 spiro atoms. The van der Waals surface area contributed by atoms with Crippen molar-refractivity contribution in [2.24, 2.45) is 0 Å². The number of nitrogens with zero attached hydrogens (tertiary/aromatic N) is 6. The summed E-state index contributed by atoms with van der Waals surface area (Å²) in [6, 6.07) is 0. The molecule has 2 aliphatic rings. The van der Waals surface area contributed by atoms with Crippen molar-refractivity contribution in [1.82, 2.24) is 19.5 Å². The molecular formula is C15H17N7O9P+. The number of aliphatic hydroxyl groups is 2. The van der Waals surface area contributed by atoms with E-state index in [1.807, 2.05) is 0 Å². The highest BCUT2D eigenvalue weighted by Crippen LogP contribution is 2.52. The van der Waals surface area contributed by atoms with E-state index in [1.54, 1.807) is 6.92 Å². The quantitative estimate of drug-likeness (QED) is 0.198. The van der Waals surface area contributed by atoms with E-state index in [-0.39, 0.29) is 30.2 Å². The van der Waals surface area contributed by atoms with Gasteiger partial charge in [0.15, 0.2) is 28.2 Å². The molecule has 2 aromatic rings. The van der Waals surface area contributed by atoms with Crippen molar-refractivity contribution >= 4 is 30.7 Å². The number of nitrogens with one attached hydrogen (secondary N) is 1. The number of phosphoric ester groups is 1. The van der Waals surface area contributed by atoms with Crippen molar-refractivity contribution in [3.05, 3.63) is 29.3 Å². The number of carbonyl (C=O) groups is 1. The lowest BCUT2D eigenvalue weighted by Gasteiger charge is -2.27. The van der Waals surface area contributed by atoms with Gasteiger partial charge in [0.25, 0.3) is 0 Å². The molecule has 16 nitrogen and oxygen atoms in total. The van der Waals surface area contributed by atoms with Gasteiger partial charge in [-0.25, -0.2) is 19.5 Å². The lowest BCUT2D eigenvalue weighted by molar-refractivity contribution is -0.113. The van der Waals surface area contributed by atoms with Crippen molar-refractivity contribution in [2.75, 3.05) is 18.5 Å². The molecule has 5 atom stereocenters. The van der Waals surface area contributed by atoms with Gasteiger partial charge < -0.3 is 24.6 Å². The van der Waals surface area contributed by atoms with Crippen molar-refractivity contribution < 1.29 is 43.0 Å². The van der Waals surface area contributed by atoms with Crippen LogP contribution in [0, 0.1) is 5.39 Å². The Morgan fingerprint density at radius 1 is 1.47 bits per heavy atom. The van der Waals surface area contributed by atoms with Crippen molar-refractivity contribution in [3.63, 3.8) is 0 Å². The number of hydrogen-bond acceptors (Lipinski definition) is 12. The zero-order chi connectivity index (χ0) is 23.0. The number of ether oxygens (including phenoxy) is 2. The van der Waals surface area contributed by atoms with Gasteiger partial charge in [-0.15, -0.1) is 0 Å². The number of hydrogen-bond donors (Lipinski definition) is 4. The van der Waals surface area contributed by atoms with Gasteiger partial charge in [-0.1, -0.05) is 0 Å². The average Bonchev–Trinajstić information content (AvgIpc) is 3.30. The fourth-order valence-corrected chi connectivity index (χ4v) is 4.22. The van der Waals surface area contributed by atoms with Crippen LogP contribution in [0.5, 0.6) is 0 Å². The second-order valence-electron chi connectivity index (χ2n) is 6.58. The number of aliphatic hydroxyl groups excluding tert-OH is 2. The van der Waals surface area contributed by atoms with Crippen LogP contribution in [0.15, 0.2) is 24.3 Å². The van der Waals surface area contributed by atoms with Crippen LogP contribution >= 0.6 is 7.82 Å². The van der Waals surface area contributed by atoms with Gasteiger partial charge in [-0.05, 0) is 6.92 Å². The van der Waals surface area contributed by atoms with E-state index in [0.717, 1.165) is 6.33 Å². The van der Waals surface area contributed by atoms with E-state index in [1.165, 1.54) is 10.9 Å². The summed E-state index contributed by atoms with van der Waals surface area (Å²) in [6.45, 7) is 1.31. The van der Waals surface area contributed by atoms with E-state index < -0.39 is 49.9 Å². The van der Waals surface area contributed by atoms with E-state index in [0.29, 0.717) is 0 Å². The highest BCUT2D eigenvalue weighted by Gasteiger charge is 2.52. The summed E-state index contributed by atoms with van der Waals surface area (Å²) in [6.07, 6.45) is -2.05. The molecule has 32 heavy (non-hydrogen) atoms. The fraction of sp³-hybridized carbons (Fsp3) is 0.467. The molecule has 0 aliphatic carbocycles. The average molecular weight is 470 g/mol. The van der Waals surface area contributed by atoms with Crippen LogP contribution in [-0.2, 0) is 27.9 Å². The SMILES string of the molecule is CCO/C(O)=C(/[N+]#N)C(=O)Nc1ncnc2c1ncn2[C@@H]1OC2COP(=O)(O)OC2[C@H]1O. The Morgan fingerprint density at radius 2 is 2.25 bits per heavy atom. The summed E-state index contributed by atoms with van der Waals surface area (Å²) in [5, 5.41) is 31.6. The number of fused-ring (bicyclic) bond motifs is 2. The van der Waals surface area contributed by atoms with Crippen LogP contribution in [0.25, 0.3) is 16.1 Å². The molecule has 4 heterocycles. The summed E-state index contributed by atoms with van der Waals surface area (Å²) in [7, 11) is -4.30. The Labute approximate surface area is 178 Å². The van der Waals surface area contributed by atoms with Gasteiger partial charge in [0, 0.05) is 0 Å². The van der Waals surface area contributed by atoms with Crippen LogP contribution < -0.4 is 5.32 Å². The van der Waals surface area contributed by atoms with E-state index in [2.05, 4.69) is 25.2 Å². The third-order valence-corrected chi connectivity index (χ3v) is 5.62. The third kappa shape index (κ3) is 3.88. The summed E-state index contributed by atoms with van der Waals surface area (Å²) in [5.74, 6) is -2.04. The number of amides is 1. The number of diazo groups is 1. The van der Waals surface area contributed by atoms with Crippen LogP contribution in [0.3, 0.4) is 0 Å². The van der Waals surface area contributed by atoms with Crippen LogP contribution in [-0.4, -0.2) is 72.1 Å². The Kier molecular flexibility index (Phi) is 5.77. The first-order valence-electron chi connectivity index (χ1n) is 9.15. The van der Waals surface area contributed by atoms with E-state index >= 15 is 0 Å². The minimum atomic E-state index is -4.30. The minimum Gasteiger partial charge on any atom is -0.475 e. The maximum absolute atomic E-state index is 12.3. The summed E-state index contributed by atoms with van der Waals surface area (Å²) in [4.78, 5) is 36.7. The molecule has 0 aromatic carbocycles. The van der Waals surface area contributed by atoms with Gasteiger partial charge in [-0.2, -0.15) is 0 Å². The lowest BCUT2D eigenvalue weighted by Crippen LogP contribution is -2.39. The van der Waals surface area contributed by atoms with Crippen LogP contribution in [0.4, 0.5) is 5.82 Å². The molecule has 0 saturated carbocycles. The third-order valence-electron chi connectivity index (χ3n) is 4.63. The molecule has 17 heteroatoms. The monoisotopic (exact) mass is 470 g/mol. The molecule has 170 valence electrons. The Hall–Kier alpha value is -3.19. The predicted octanol–water partition coefficient (Wildman–Crippen LogP) is 0.156. The highest BCUT2D eigenvalue weighted by molar-refractivity contribution is 7.47. The topological polar surface area (TPSA) is 216 Å². The number of carbonyl (C=O) groups excluding carboxylic acids is 1. The Balaban J connectivity index is 1.62. The molecule has 2 fully saturated rings. The second-order valence-corrected chi connectivity index (χ2v) is 7.98. The first-order chi connectivity index (χ1) is 15.3. The normalized spacial score (nSPS) is 30.3. The van der Waals surface area contributed by atoms with Gasteiger partial charge in [-0.3, -0.25) is 23.7 Å². The molecule has 0 radical (unpaired) electrons. The number of aromatic nitrogens is 4. The van der Waals surface area contributed by atoms with Gasteiger partial charge >= 0.3 is 25.4 Å². The zero-order valence-corrected chi connectivity index (χ0v) is 17.2. The minimum absolute atomic E-state index is 0.0203. The van der Waals surface area contributed by atoms with Gasteiger partial charge in [0.05, 0.1) is 19.5 Å². The first kappa shape index (κ1) is 22.0. The molecule has 0 bridgehead atoms. The number of anilines is 1. The first-order valence-corrected chi connectivity index (χ1v) is 10.6.